The molecule has 5 nitrogen and oxygen atoms in total. The molecule has 0 unspecified atom stereocenters. The lowest BCUT2D eigenvalue weighted by molar-refractivity contribution is -0.135. The number of piperidine rings is 1. The molecule has 2 bridgehead atoms. The molecule has 1 aromatic heterocycles. The molecule has 1 aliphatic carbocycles. The zero-order valence-corrected chi connectivity index (χ0v) is 12.7. The van der Waals surface area contributed by atoms with Crippen molar-refractivity contribution in [1.29, 1.82) is 0 Å². The van der Waals surface area contributed by atoms with Gasteiger partial charge in [0.05, 0.1) is 6.33 Å². The smallest absolute Gasteiger partial charge is 0.243 e. The molecule has 5 heteroatoms. The van der Waals surface area contributed by atoms with Gasteiger partial charge in [0.25, 0.3) is 0 Å². The van der Waals surface area contributed by atoms with Crippen molar-refractivity contribution in [1.82, 2.24) is 19.8 Å². The molecular weight excluding hydrogens is 264 g/mol. The van der Waals surface area contributed by atoms with Crippen molar-refractivity contribution in [2.75, 3.05) is 6.54 Å². The monoisotopic (exact) mass is 288 g/mol. The molecule has 1 saturated carbocycles. The minimum absolute atomic E-state index is 0.260. The minimum atomic E-state index is 0.260. The van der Waals surface area contributed by atoms with Gasteiger partial charge in [-0.25, -0.2) is 4.98 Å². The van der Waals surface area contributed by atoms with Crippen LogP contribution in [0, 0.1) is 5.41 Å². The minimum Gasteiger partial charge on any atom is -0.333 e. The molecule has 4 atom stereocenters. The van der Waals surface area contributed by atoms with Gasteiger partial charge in [0.1, 0.15) is 6.54 Å². The number of fused-ring (bicyclic) bond motifs is 1. The summed E-state index contributed by atoms with van der Waals surface area (Å²) in [5.74, 6) is 0.260. The number of amides is 1. The Morgan fingerprint density at radius 2 is 2.29 bits per heavy atom. The van der Waals surface area contributed by atoms with Gasteiger partial charge in [-0.3, -0.25) is 4.79 Å². The number of hydrogen-bond donors (Lipinski definition) is 1. The molecule has 114 valence electrons. The Morgan fingerprint density at radius 3 is 3.10 bits per heavy atom. The first-order valence-corrected chi connectivity index (χ1v) is 8.19. The zero-order chi connectivity index (χ0) is 14.4. The first kappa shape index (κ1) is 13.3. The number of likely N-dealkylation sites (tertiary alicyclic amines) is 1. The Bertz CT molecular complexity index is 528. The van der Waals surface area contributed by atoms with E-state index in [1.807, 2.05) is 10.8 Å². The van der Waals surface area contributed by atoms with E-state index in [4.69, 9.17) is 0 Å². The fourth-order valence-corrected chi connectivity index (χ4v) is 4.95. The molecule has 21 heavy (non-hydrogen) atoms. The Balaban J connectivity index is 1.61. The second kappa shape index (κ2) is 4.83. The van der Waals surface area contributed by atoms with E-state index >= 15 is 0 Å². The highest BCUT2D eigenvalue weighted by Crippen LogP contribution is 2.50. The molecule has 3 fully saturated rings. The van der Waals surface area contributed by atoms with E-state index in [1.54, 1.807) is 12.5 Å². The molecule has 1 aromatic rings. The molecule has 2 saturated heterocycles. The van der Waals surface area contributed by atoms with Crippen LogP contribution in [0.5, 0.6) is 0 Å². The highest BCUT2D eigenvalue weighted by Gasteiger charge is 2.57. The van der Waals surface area contributed by atoms with Crippen LogP contribution >= 0.6 is 0 Å². The summed E-state index contributed by atoms with van der Waals surface area (Å²) in [5.41, 5.74) is 0.268. The Labute approximate surface area is 125 Å². The van der Waals surface area contributed by atoms with Crippen molar-refractivity contribution < 1.29 is 4.79 Å². The van der Waals surface area contributed by atoms with Crippen LogP contribution in [0.3, 0.4) is 0 Å². The summed E-state index contributed by atoms with van der Waals surface area (Å²) >= 11 is 0. The van der Waals surface area contributed by atoms with E-state index in [0.717, 1.165) is 6.54 Å². The van der Waals surface area contributed by atoms with Gasteiger partial charge in [-0.2, -0.15) is 0 Å². The highest BCUT2D eigenvalue weighted by atomic mass is 16.2. The average molecular weight is 288 g/mol. The van der Waals surface area contributed by atoms with Gasteiger partial charge in [0.15, 0.2) is 0 Å². The maximum atomic E-state index is 12.9. The van der Waals surface area contributed by atoms with Gasteiger partial charge in [0.2, 0.25) is 5.91 Å². The van der Waals surface area contributed by atoms with E-state index in [1.165, 1.54) is 32.1 Å². The summed E-state index contributed by atoms with van der Waals surface area (Å²) in [5, 5.41) is 3.72. The third kappa shape index (κ3) is 2.01. The maximum Gasteiger partial charge on any atom is 0.243 e. The van der Waals surface area contributed by atoms with E-state index in [2.05, 4.69) is 22.1 Å². The Kier molecular flexibility index (Phi) is 3.06. The third-order valence-corrected chi connectivity index (χ3v) is 5.95. The van der Waals surface area contributed by atoms with Crippen molar-refractivity contribution in [3.63, 3.8) is 0 Å². The van der Waals surface area contributed by atoms with Gasteiger partial charge >= 0.3 is 0 Å². The number of hydrogen-bond acceptors (Lipinski definition) is 3. The van der Waals surface area contributed by atoms with Crippen LogP contribution in [0.25, 0.3) is 0 Å². The van der Waals surface area contributed by atoms with Gasteiger partial charge in [0, 0.05) is 42.5 Å². The van der Waals surface area contributed by atoms with Crippen molar-refractivity contribution >= 4 is 5.91 Å². The predicted molar refractivity (Wildman–Crippen MR) is 79.6 cm³/mol. The fourth-order valence-electron chi connectivity index (χ4n) is 4.95. The molecule has 3 heterocycles. The lowest BCUT2D eigenvalue weighted by Crippen LogP contribution is -2.51. The third-order valence-electron chi connectivity index (χ3n) is 5.95. The Morgan fingerprint density at radius 1 is 1.43 bits per heavy atom. The molecule has 0 radical (unpaired) electrons. The number of nitrogens with zero attached hydrogens (tertiary/aromatic N) is 3. The van der Waals surface area contributed by atoms with Gasteiger partial charge in [-0.1, -0.05) is 19.8 Å². The summed E-state index contributed by atoms with van der Waals surface area (Å²) in [6.07, 6.45) is 11.5. The van der Waals surface area contributed by atoms with Crippen LogP contribution in [0.4, 0.5) is 0 Å². The van der Waals surface area contributed by atoms with Crippen molar-refractivity contribution in [3.8, 4) is 0 Å². The molecule has 0 aromatic carbocycles. The van der Waals surface area contributed by atoms with Crippen LogP contribution in [0.1, 0.15) is 39.0 Å². The quantitative estimate of drug-likeness (QED) is 0.895. The summed E-state index contributed by atoms with van der Waals surface area (Å²) in [6.45, 7) is 3.79. The van der Waals surface area contributed by atoms with Gasteiger partial charge < -0.3 is 14.8 Å². The van der Waals surface area contributed by atoms with Gasteiger partial charge in [-0.05, 0) is 19.3 Å². The van der Waals surface area contributed by atoms with Crippen LogP contribution in [-0.2, 0) is 11.3 Å². The standard InChI is InChI=1S/C16H24N4O/c1-16-8-12-9-18-13(16)4-2-3-5-14(16)20(12)15(21)10-19-7-6-17-11-19/h6-7,11-14,18H,2-5,8-10H2,1H3/t12-,13+,14-,16+/m0/s1. The molecular formula is C16H24N4O. The number of rotatable bonds is 2. The largest absolute Gasteiger partial charge is 0.333 e. The second-order valence-corrected chi connectivity index (χ2v) is 7.16. The van der Waals surface area contributed by atoms with Crippen molar-refractivity contribution in [2.24, 2.45) is 5.41 Å². The summed E-state index contributed by atoms with van der Waals surface area (Å²) in [4.78, 5) is 19.1. The zero-order valence-electron chi connectivity index (χ0n) is 12.7. The summed E-state index contributed by atoms with van der Waals surface area (Å²) < 4.78 is 1.88. The molecule has 1 N–H and O–H groups in total. The molecule has 0 spiro atoms. The maximum absolute atomic E-state index is 12.9. The fraction of sp³-hybridized carbons (Fsp3) is 0.750. The lowest BCUT2D eigenvalue weighted by Gasteiger charge is -2.39. The first-order valence-electron chi connectivity index (χ1n) is 8.19. The normalized spacial score (nSPS) is 38.3. The van der Waals surface area contributed by atoms with Crippen LogP contribution in [-0.4, -0.2) is 45.0 Å². The van der Waals surface area contributed by atoms with Crippen molar-refractivity contribution in [2.45, 2.75) is 63.7 Å². The molecule has 4 rings (SSSR count). The number of aromatic nitrogens is 2. The lowest BCUT2D eigenvalue weighted by atomic mass is 9.72. The topological polar surface area (TPSA) is 50.2 Å². The number of nitrogens with one attached hydrogen (secondary N) is 1. The average Bonchev–Trinajstić information content (AvgIpc) is 3.00. The second-order valence-electron chi connectivity index (χ2n) is 7.16. The highest BCUT2D eigenvalue weighted by molar-refractivity contribution is 5.77. The Hall–Kier alpha value is -1.36. The van der Waals surface area contributed by atoms with E-state index < -0.39 is 0 Å². The molecule has 2 aliphatic heterocycles. The van der Waals surface area contributed by atoms with Crippen molar-refractivity contribution in [3.05, 3.63) is 18.7 Å². The van der Waals surface area contributed by atoms with Crippen LogP contribution < -0.4 is 5.32 Å². The molecule has 1 amide bonds. The number of imidazole rings is 1. The van der Waals surface area contributed by atoms with Crippen LogP contribution in [0.15, 0.2) is 18.7 Å². The first-order chi connectivity index (χ1) is 10.2. The van der Waals surface area contributed by atoms with E-state index in [0.29, 0.717) is 24.7 Å². The SMILES string of the molecule is C[C@@]12C[C@H]3CN[C@@H]1CCCC[C@@H]2N3C(=O)Cn1ccnc1. The summed E-state index contributed by atoms with van der Waals surface area (Å²) in [7, 11) is 0. The summed E-state index contributed by atoms with van der Waals surface area (Å²) in [6, 6.07) is 1.39. The van der Waals surface area contributed by atoms with E-state index in [9.17, 15) is 4.79 Å². The number of carbonyl (C=O) groups excluding carboxylic acids is 1. The van der Waals surface area contributed by atoms with Crippen LogP contribution in [0.2, 0.25) is 0 Å². The van der Waals surface area contributed by atoms with E-state index in [-0.39, 0.29) is 11.3 Å². The number of carbonyl (C=O) groups is 1. The predicted octanol–water partition coefficient (Wildman–Crippen LogP) is 1.40. The van der Waals surface area contributed by atoms with Gasteiger partial charge in [-0.15, -0.1) is 0 Å². The molecule has 3 aliphatic rings.